The van der Waals surface area contributed by atoms with E-state index in [2.05, 4.69) is 9.97 Å². The van der Waals surface area contributed by atoms with Gasteiger partial charge in [0.1, 0.15) is 19.0 Å². The minimum Gasteiger partial charge on any atom is -0.486 e. The van der Waals surface area contributed by atoms with Crippen LogP contribution in [0.5, 0.6) is 11.5 Å². The van der Waals surface area contributed by atoms with Gasteiger partial charge in [0.15, 0.2) is 11.5 Å². The molecule has 5 nitrogen and oxygen atoms in total. The number of hydrogen-bond acceptors (Lipinski definition) is 4. The Balaban J connectivity index is 1.87. The van der Waals surface area contributed by atoms with Gasteiger partial charge in [-0.1, -0.05) is 0 Å². The molecule has 96 valence electrons. The monoisotopic (exact) mass is 248 g/mol. The smallest absolute Gasteiger partial charge is 0.163 e. The standard InChI is InChI=1S/C13H16N2O3/c1-16-4-2-3-13-14-9-7-11-12(8-10(9)15-13)18-6-5-17-11/h7-8H,2-6H2,1H3,(H,14,15). The summed E-state index contributed by atoms with van der Waals surface area (Å²) in [5.41, 5.74) is 1.92. The summed E-state index contributed by atoms with van der Waals surface area (Å²) in [5, 5.41) is 0. The van der Waals surface area contributed by atoms with Gasteiger partial charge in [-0.3, -0.25) is 0 Å². The molecule has 18 heavy (non-hydrogen) atoms. The molecule has 0 bridgehead atoms. The fraction of sp³-hybridized carbons (Fsp3) is 0.462. The van der Waals surface area contributed by atoms with Gasteiger partial charge in [-0.25, -0.2) is 4.98 Å². The predicted molar refractivity (Wildman–Crippen MR) is 67.3 cm³/mol. The molecule has 0 spiro atoms. The van der Waals surface area contributed by atoms with Crippen molar-refractivity contribution >= 4 is 11.0 Å². The molecule has 2 heterocycles. The first-order chi connectivity index (χ1) is 8.86. The van der Waals surface area contributed by atoms with Crippen molar-refractivity contribution in [3.05, 3.63) is 18.0 Å². The molecule has 2 aromatic rings. The molecule has 0 saturated heterocycles. The summed E-state index contributed by atoms with van der Waals surface area (Å²) in [6, 6.07) is 3.89. The molecule has 0 fully saturated rings. The number of ether oxygens (including phenoxy) is 3. The summed E-state index contributed by atoms with van der Waals surface area (Å²) in [6.45, 7) is 1.96. The number of imidazole rings is 1. The van der Waals surface area contributed by atoms with Crippen LogP contribution in [0.25, 0.3) is 11.0 Å². The van der Waals surface area contributed by atoms with Crippen molar-refractivity contribution in [3.63, 3.8) is 0 Å². The fourth-order valence-corrected chi connectivity index (χ4v) is 2.10. The van der Waals surface area contributed by atoms with Gasteiger partial charge in [-0.2, -0.15) is 0 Å². The fourth-order valence-electron chi connectivity index (χ4n) is 2.10. The lowest BCUT2D eigenvalue weighted by Crippen LogP contribution is -2.15. The maximum absolute atomic E-state index is 5.55. The zero-order chi connectivity index (χ0) is 12.4. The quantitative estimate of drug-likeness (QED) is 0.840. The van der Waals surface area contributed by atoms with E-state index in [1.165, 1.54) is 0 Å². The molecule has 0 amide bonds. The van der Waals surface area contributed by atoms with Gasteiger partial charge in [-0.15, -0.1) is 0 Å². The molecule has 5 heteroatoms. The largest absolute Gasteiger partial charge is 0.486 e. The van der Waals surface area contributed by atoms with Crippen LogP contribution in [0.1, 0.15) is 12.2 Å². The van der Waals surface area contributed by atoms with Crippen LogP contribution in [-0.4, -0.2) is 36.9 Å². The summed E-state index contributed by atoms with van der Waals surface area (Å²) in [4.78, 5) is 7.85. The van der Waals surface area contributed by atoms with Crippen molar-refractivity contribution in [1.29, 1.82) is 0 Å². The lowest BCUT2D eigenvalue weighted by Gasteiger charge is -2.17. The Hall–Kier alpha value is -1.75. The van der Waals surface area contributed by atoms with E-state index < -0.39 is 0 Å². The first-order valence-corrected chi connectivity index (χ1v) is 6.14. The zero-order valence-electron chi connectivity index (χ0n) is 10.4. The molecule has 1 aliphatic heterocycles. The van der Waals surface area contributed by atoms with Crippen molar-refractivity contribution in [2.75, 3.05) is 26.9 Å². The Morgan fingerprint density at radius 1 is 1.28 bits per heavy atom. The van der Waals surface area contributed by atoms with E-state index in [4.69, 9.17) is 14.2 Å². The van der Waals surface area contributed by atoms with Crippen molar-refractivity contribution in [2.24, 2.45) is 0 Å². The molecule has 1 aromatic carbocycles. The van der Waals surface area contributed by atoms with Crippen molar-refractivity contribution < 1.29 is 14.2 Å². The van der Waals surface area contributed by atoms with Gasteiger partial charge >= 0.3 is 0 Å². The van der Waals surface area contributed by atoms with E-state index in [1.807, 2.05) is 12.1 Å². The van der Waals surface area contributed by atoms with Crippen LogP contribution in [0.3, 0.4) is 0 Å². The maximum atomic E-state index is 5.55. The molecule has 0 unspecified atom stereocenters. The third-order valence-electron chi connectivity index (χ3n) is 2.96. The van der Waals surface area contributed by atoms with Crippen molar-refractivity contribution in [1.82, 2.24) is 9.97 Å². The normalized spacial score (nSPS) is 14.1. The summed E-state index contributed by atoms with van der Waals surface area (Å²) < 4.78 is 16.1. The van der Waals surface area contributed by atoms with Gasteiger partial charge in [0.05, 0.1) is 11.0 Å². The molecular weight excluding hydrogens is 232 g/mol. The number of hydrogen-bond donors (Lipinski definition) is 1. The SMILES string of the molecule is COCCCc1nc2cc3c(cc2[nH]1)OCCO3. The number of rotatable bonds is 4. The third kappa shape index (κ3) is 2.13. The summed E-state index contributed by atoms with van der Waals surface area (Å²) in [6.07, 6.45) is 1.85. The second-order valence-corrected chi connectivity index (χ2v) is 4.29. The average molecular weight is 248 g/mol. The molecular formula is C13H16N2O3. The number of aromatic amines is 1. The Kier molecular flexibility index (Phi) is 3.06. The summed E-state index contributed by atoms with van der Waals surface area (Å²) in [7, 11) is 1.71. The second kappa shape index (κ2) is 4.86. The van der Waals surface area contributed by atoms with Gasteiger partial charge in [0.25, 0.3) is 0 Å². The number of H-pyrrole nitrogens is 1. The molecule has 3 rings (SSSR count). The number of aryl methyl sites for hydroxylation is 1. The van der Waals surface area contributed by atoms with E-state index >= 15 is 0 Å². The summed E-state index contributed by atoms with van der Waals surface area (Å²) >= 11 is 0. The van der Waals surface area contributed by atoms with Crippen LogP contribution in [0, 0.1) is 0 Å². The number of fused-ring (bicyclic) bond motifs is 2. The average Bonchev–Trinajstić information content (AvgIpc) is 2.77. The first-order valence-electron chi connectivity index (χ1n) is 6.14. The van der Waals surface area contributed by atoms with Crippen LogP contribution >= 0.6 is 0 Å². The highest BCUT2D eigenvalue weighted by atomic mass is 16.6. The van der Waals surface area contributed by atoms with Gasteiger partial charge in [-0.05, 0) is 6.42 Å². The molecule has 1 aliphatic rings. The minimum atomic E-state index is 0.601. The third-order valence-corrected chi connectivity index (χ3v) is 2.96. The highest BCUT2D eigenvalue weighted by molar-refractivity contribution is 5.79. The number of aromatic nitrogens is 2. The van der Waals surface area contributed by atoms with Crippen molar-refractivity contribution in [2.45, 2.75) is 12.8 Å². The van der Waals surface area contributed by atoms with E-state index in [0.29, 0.717) is 13.2 Å². The number of benzene rings is 1. The molecule has 1 aromatic heterocycles. The highest BCUT2D eigenvalue weighted by Crippen LogP contribution is 2.33. The molecule has 0 atom stereocenters. The number of nitrogens with one attached hydrogen (secondary N) is 1. The van der Waals surface area contributed by atoms with E-state index in [1.54, 1.807) is 7.11 Å². The molecule has 0 aliphatic carbocycles. The van der Waals surface area contributed by atoms with E-state index in [-0.39, 0.29) is 0 Å². The zero-order valence-corrected chi connectivity index (χ0v) is 10.4. The van der Waals surface area contributed by atoms with Gasteiger partial charge in [0.2, 0.25) is 0 Å². The van der Waals surface area contributed by atoms with Crippen LogP contribution in [0.2, 0.25) is 0 Å². The van der Waals surface area contributed by atoms with Crippen molar-refractivity contribution in [3.8, 4) is 11.5 Å². The Bertz CT molecular complexity index is 507. The minimum absolute atomic E-state index is 0.601. The number of nitrogens with zero attached hydrogens (tertiary/aromatic N) is 1. The second-order valence-electron chi connectivity index (χ2n) is 4.29. The Labute approximate surface area is 105 Å². The summed E-state index contributed by atoms with van der Waals surface area (Å²) in [5.74, 6) is 2.55. The van der Waals surface area contributed by atoms with Crippen LogP contribution in [0.4, 0.5) is 0 Å². The Morgan fingerprint density at radius 2 is 2.06 bits per heavy atom. The van der Waals surface area contributed by atoms with Crippen LogP contribution in [-0.2, 0) is 11.2 Å². The van der Waals surface area contributed by atoms with Gasteiger partial charge in [0, 0.05) is 32.3 Å². The van der Waals surface area contributed by atoms with Gasteiger partial charge < -0.3 is 19.2 Å². The van der Waals surface area contributed by atoms with E-state index in [9.17, 15) is 0 Å². The topological polar surface area (TPSA) is 56.4 Å². The Morgan fingerprint density at radius 3 is 2.83 bits per heavy atom. The molecule has 1 N–H and O–H groups in total. The first kappa shape index (κ1) is 11.3. The lowest BCUT2D eigenvalue weighted by molar-refractivity contribution is 0.172. The molecule has 0 radical (unpaired) electrons. The number of methoxy groups -OCH3 is 1. The maximum Gasteiger partial charge on any atom is 0.163 e. The van der Waals surface area contributed by atoms with Crippen LogP contribution < -0.4 is 9.47 Å². The highest BCUT2D eigenvalue weighted by Gasteiger charge is 2.14. The van der Waals surface area contributed by atoms with E-state index in [0.717, 1.165) is 47.8 Å². The predicted octanol–water partition coefficient (Wildman–Crippen LogP) is 1.91. The van der Waals surface area contributed by atoms with Crippen LogP contribution in [0.15, 0.2) is 12.1 Å². The molecule has 0 saturated carbocycles. The lowest BCUT2D eigenvalue weighted by atomic mass is 10.2.